The lowest BCUT2D eigenvalue weighted by molar-refractivity contribution is 0.125. The molecule has 2 nitrogen and oxygen atoms in total. The number of hydrogen-bond donors (Lipinski definition) is 0. The first-order valence-electron chi connectivity index (χ1n) is 4.11. The first-order valence-corrected chi connectivity index (χ1v) is 4.11. The highest BCUT2D eigenvalue weighted by atomic mass is 19.3. The zero-order valence-corrected chi connectivity index (χ0v) is 7.34. The van der Waals surface area contributed by atoms with Crippen molar-refractivity contribution in [1.29, 1.82) is 0 Å². The van der Waals surface area contributed by atoms with E-state index >= 15 is 0 Å². The monoisotopic (exact) mass is 187 g/mol. The molecule has 4 heteroatoms. The number of aromatic nitrogens is 1. The molecule has 0 saturated heterocycles. The van der Waals surface area contributed by atoms with Gasteiger partial charge in [-0.1, -0.05) is 13.0 Å². The Morgan fingerprint density at radius 2 is 2.23 bits per heavy atom. The quantitative estimate of drug-likeness (QED) is 0.705. The standard InChI is InChI=1S/C9H11F2NO/c1-2-7-4-3-5-12(9(7)13)6-8(10)11/h3-5,8H,2,6H2,1H3. The van der Waals surface area contributed by atoms with Gasteiger partial charge in [-0.15, -0.1) is 0 Å². The van der Waals surface area contributed by atoms with Crippen LogP contribution in [0.3, 0.4) is 0 Å². The van der Waals surface area contributed by atoms with Crippen molar-refractivity contribution in [3.63, 3.8) is 0 Å². The summed E-state index contributed by atoms with van der Waals surface area (Å²) in [4.78, 5) is 11.4. The van der Waals surface area contributed by atoms with Crippen LogP contribution in [0.5, 0.6) is 0 Å². The maximum Gasteiger partial charge on any atom is 0.256 e. The average molecular weight is 187 g/mol. The van der Waals surface area contributed by atoms with Crippen LogP contribution in [0, 0.1) is 0 Å². The van der Waals surface area contributed by atoms with Crippen LogP contribution in [-0.4, -0.2) is 11.0 Å². The second-order valence-electron chi connectivity index (χ2n) is 2.74. The van der Waals surface area contributed by atoms with Crippen molar-refractivity contribution in [2.24, 2.45) is 0 Å². The molecule has 0 aliphatic carbocycles. The van der Waals surface area contributed by atoms with E-state index in [9.17, 15) is 13.6 Å². The van der Waals surface area contributed by atoms with Crippen LogP contribution in [0.1, 0.15) is 12.5 Å². The van der Waals surface area contributed by atoms with Gasteiger partial charge >= 0.3 is 0 Å². The maximum absolute atomic E-state index is 12.0. The lowest BCUT2D eigenvalue weighted by Gasteiger charge is -2.05. The normalized spacial score (nSPS) is 10.8. The molecule has 1 rings (SSSR count). The number of rotatable bonds is 3. The molecule has 0 aromatic carbocycles. The lowest BCUT2D eigenvalue weighted by Crippen LogP contribution is -2.25. The minimum Gasteiger partial charge on any atom is -0.310 e. The summed E-state index contributed by atoms with van der Waals surface area (Å²) in [6.45, 7) is 1.30. The molecule has 0 amide bonds. The Labute approximate surface area is 74.8 Å². The Morgan fingerprint density at radius 3 is 2.77 bits per heavy atom. The molecule has 0 aliphatic rings. The molecular formula is C9H11F2NO. The van der Waals surface area contributed by atoms with Gasteiger partial charge in [-0.25, -0.2) is 8.78 Å². The molecule has 13 heavy (non-hydrogen) atoms. The summed E-state index contributed by atoms with van der Waals surface area (Å²) in [5.74, 6) is 0. The van der Waals surface area contributed by atoms with Crippen molar-refractivity contribution in [3.8, 4) is 0 Å². The van der Waals surface area contributed by atoms with Crippen LogP contribution in [-0.2, 0) is 13.0 Å². The van der Waals surface area contributed by atoms with Crippen LogP contribution < -0.4 is 5.56 Å². The molecular weight excluding hydrogens is 176 g/mol. The molecule has 0 fully saturated rings. The smallest absolute Gasteiger partial charge is 0.256 e. The Morgan fingerprint density at radius 1 is 1.54 bits per heavy atom. The summed E-state index contributed by atoms with van der Waals surface area (Å²) in [6.07, 6.45) is -0.527. The fraction of sp³-hybridized carbons (Fsp3) is 0.444. The summed E-state index contributed by atoms with van der Waals surface area (Å²) in [6, 6.07) is 3.27. The van der Waals surface area contributed by atoms with Crippen LogP contribution in [0.4, 0.5) is 8.78 Å². The highest BCUT2D eigenvalue weighted by molar-refractivity contribution is 5.09. The average Bonchev–Trinajstić information content (AvgIpc) is 2.08. The summed E-state index contributed by atoms with van der Waals surface area (Å²) in [5.41, 5.74) is 0.258. The van der Waals surface area contributed by atoms with Gasteiger partial charge in [-0.2, -0.15) is 0 Å². The SMILES string of the molecule is CCc1cccn(CC(F)F)c1=O. The highest BCUT2D eigenvalue weighted by Gasteiger charge is 2.06. The highest BCUT2D eigenvalue weighted by Crippen LogP contribution is 1.98. The number of hydrogen-bond acceptors (Lipinski definition) is 1. The van der Waals surface area contributed by atoms with E-state index in [0.29, 0.717) is 12.0 Å². The van der Waals surface area contributed by atoms with Gasteiger partial charge < -0.3 is 4.57 Å². The molecule has 1 aromatic rings. The molecule has 0 bridgehead atoms. The van der Waals surface area contributed by atoms with Crippen molar-refractivity contribution < 1.29 is 8.78 Å². The van der Waals surface area contributed by atoms with Gasteiger partial charge in [0, 0.05) is 11.8 Å². The zero-order valence-electron chi connectivity index (χ0n) is 7.34. The zero-order chi connectivity index (χ0) is 9.84. The molecule has 0 N–H and O–H groups in total. The maximum atomic E-state index is 12.0. The molecule has 0 unspecified atom stereocenters. The Balaban J connectivity index is 3.02. The second kappa shape index (κ2) is 4.16. The van der Waals surface area contributed by atoms with Crippen LogP contribution in [0.15, 0.2) is 23.1 Å². The van der Waals surface area contributed by atoms with E-state index < -0.39 is 13.0 Å². The topological polar surface area (TPSA) is 22.0 Å². The number of halogens is 2. The van der Waals surface area contributed by atoms with Gasteiger partial charge in [-0.3, -0.25) is 4.79 Å². The second-order valence-corrected chi connectivity index (χ2v) is 2.74. The van der Waals surface area contributed by atoms with E-state index in [1.807, 2.05) is 6.92 Å². The van der Waals surface area contributed by atoms with E-state index in [4.69, 9.17) is 0 Å². The Kier molecular flexibility index (Phi) is 3.17. The molecule has 0 atom stereocenters. The molecule has 0 spiro atoms. The largest absolute Gasteiger partial charge is 0.310 e. The molecule has 0 aliphatic heterocycles. The number of alkyl halides is 2. The molecule has 1 heterocycles. The van der Waals surface area contributed by atoms with Crippen molar-refractivity contribution in [1.82, 2.24) is 4.57 Å². The van der Waals surface area contributed by atoms with E-state index in [1.54, 1.807) is 12.1 Å². The summed E-state index contributed by atoms with van der Waals surface area (Å²) in [5, 5.41) is 0. The van der Waals surface area contributed by atoms with Crippen LogP contribution >= 0.6 is 0 Å². The summed E-state index contributed by atoms with van der Waals surface area (Å²) < 4.78 is 25.0. The summed E-state index contributed by atoms with van der Waals surface area (Å²) in [7, 11) is 0. The van der Waals surface area contributed by atoms with Crippen molar-refractivity contribution in [3.05, 3.63) is 34.2 Å². The van der Waals surface area contributed by atoms with E-state index in [2.05, 4.69) is 0 Å². The minimum absolute atomic E-state index is 0.315. The fourth-order valence-corrected chi connectivity index (χ4v) is 1.15. The van der Waals surface area contributed by atoms with Gasteiger partial charge in [-0.05, 0) is 12.5 Å². The van der Waals surface area contributed by atoms with Crippen molar-refractivity contribution in [2.75, 3.05) is 0 Å². The van der Waals surface area contributed by atoms with E-state index in [1.165, 1.54) is 6.20 Å². The molecule has 0 saturated carbocycles. The van der Waals surface area contributed by atoms with E-state index in [0.717, 1.165) is 4.57 Å². The van der Waals surface area contributed by atoms with Crippen LogP contribution in [0.25, 0.3) is 0 Å². The van der Waals surface area contributed by atoms with Gasteiger partial charge in [0.25, 0.3) is 12.0 Å². The van der Waals surface area contributed by atoms with Crippen molar-refractivity contribution >= 4 is 0 Å². The lowest BCUT2D eigenvalue weighted by atomic mass is 10.2. The van der Waals surface area contributed by atoms with Gasteiger partial charge in [0.1, 0.15) is 0 Å². The van der Waals surface area contributed by atoms with Crippen molar-refractivity contribution in [2.45, 2.75) is 26.3 Å². The third-order valence-electron chi connectivity index (χ3n) is 1.81. The molecule has 72 valence electrons. The van der Waals surface area contributed by atoms with Gasteiger partial charge in [0.2, 0.25) is 0 Å². The fourth-order valence-electron chi connectivity index (χ4n) is 1.15. The van der Waals surface area contributed by atoms with Gasteiger partial charge in [0.15, 0.2) is 0 Å². The number of pyridine rings is 1. The molecule has 1 aromatic heterocycles. The third-order valence-corrected chi connectivity index (χ3v) is 1.81. The predicted molar refractivity (Wildman–Crippen MR) is 46.1 cm³/mol. The number of nitrogens with zero attached hydrogens (tertiary/aromatic N) is 1. The predicted octanol–water partition coefficient (Wildman–Crippen LogP) is 1.68. The van der Waals surface area contributed by atoms with Crippen LogP contribution in [0.2, 0.25) is 0 Å². The molecule has 0 radical (unpaired) electrons. The van der Waals surface area contributed by atoms with Gasteiger partial charge in [0.05, 0.1) is 6.54 Å². The Hall–Kier alpha value is -1.19. The number of aryl methyl sites for hydroxylation is 1. The third kappa shape index (κ3) is 2.37. The first kappa shape index (κ1) is 9.89. The summed E-state index contributed by atoms with van der Waals surface area (Å²) >= 11 is 0. The van der Waals surface area contributed by atoms with E-state index in [-0.39, 0.29) is 5.56 Å². The first-order chi connectivity index (χ1) is 6.15. The minimum atomic E-state index is -2.48. The Bertz CT molecular complexity index is 333.